The second kappa shape index (κ2) is 11.0. The van der Waals surface area contributed by atoms with Crippen LogP contribution < -0.4 is 10.1 Å². The highest BCUT2D eigenvalue weighted by Crippen LogP contribution is 2.15. The van der Waals surface area contributed by atoms with Gasteiger partial charge in [0.05, 0.1) is 0 Å². The number of halogens is 1. The fraction of sp³-hybridized carbons (Fsp3) is 0.364. The van der Waals surface area contributed by atoms with Crippen LogP contribution in [0.2, 0.25) is 0 Å². The van der Waals surface area contributed by atoms with Crippen LogP contribution in [0.1, 0.15) is 26.3 Å². The van der Waals surface area contributed by atoms with Gasteiger partial charge in [-0.1, -0.05) is 44.2 Å². The first-order valence-electron chi connectivity index (χ1n) is 9.36. The Labute approximate surface area is 180 Å². The number of carbonyl (C=O) groups is 2. The van der Waals surface area contributed by atoms with E-state index in [1.807, 2.05) is 68.4 Å². The lowest BCUT2D eigenvalue weighted by Gasteiger charge is -2.29. The number of rotatable bonds is 9. The van der Waals surface area contributed by atoms with Gasteiger partial charge in [0.25, 0.3) is 5.91 Å². The summed E-state index contributed by atoms with van der Waals surface area (Å²) in [6.45, 7) is 6.64. The van der Waals surface area contributed by atoms with Gasteiger partial charge < -0.3 is 15.0 Å². The summed E-state index contributed by atoms with van der Waals surface area (Å²) in [5, 5.41) is 2.91. The van der Waals surface area contributed by atoms with E-state index in [2.05, 4.69) is 27.9 Å². The van der Waals surface area contributed by atoms with E-state index < -0.39 is 6.04 Å². The van der Waals surface area contributed by atoms with Crippen LogP contribution in [0.25, 0.3) is 0 Å². The smallest absolute Gasteiger partial charge is 0.261 e. The lowest BCUT2D eigenvalue weighted by molar-refractivity contribution is -0.142. The van der Waals surface area contributed by atoms with Crippen molar-refractivity contribution in [1.82, 2.24) is 10.2 Å². The van der Waals surface area contributed by atoms with E-state index in [4.69, 9.17) is 4.74 Å². The summed E-state index contributed by atoms with van der Waals surface area (Å²) in [5.74, 6) is 0.589. The standard InChI is InChI=1S/C22H27IN2O3/c1-16(2)13-24-22(27)17(3)25(14-18-7-5-4-6-8-18)21(26)15-28-20-11-9-19(23)10-12-20/h4-12,16-17H,13-15H2,1-3H3,(H,24,27). The third kappa shape index (κ3) is 7.14. The number of ether oxygens (including phenoxy) is 1. The lowest BCUT2D eigenvalue weighted by Crippen LogP contribution is -2.49. The molecule has 0 aliphatic carbocycles. The zero-order valence-corrected chi connectivity index (χ0v) is 18.7. The molecule has 1 N–H and O–H groups in total. The summed E-state index contributed by atoms with van der Waals surface area (Å²) in [7, 11) is 0. The third-order valence-corrected chi connectivity index (χ3v) is 4.94. The Morgan fingerprint density at radius 3 is 2.29 bits per heavy atom. The average Bonchev–Trinajstić information content (AvgIpc) is 2.69. The number of nitrogens with zero attached hydrogens (tertiary/aromatic N) is 1. The summed E-state index contributed by atoms with van der Waals surface area (Å²) in [6.07, 6.45) is 0. The summed E-state index contributed by atoms with van der Waals surface area (Å²) < 4.78 is 6.74. The van der Waals surface area contributed by atoms with Gasteiger partial charge in [0.2, 0.25) is 5.91 Å². The van der Waals surface area contributed by atoms with Crippen molar-refractivity contribution in [2.75, 3.05) is 13.2 Å². The summed E-state index contributed by atoms with van der Waals surface area (Å²) in [4.78, 5) is 27.0. The summed E-state index contributed by atoms with van der Waals surface area (Å²) in [5.41, 5.74) is 0.966. The van der Waals surface area contributed by atoms with E-state index >= 15 is 0 Å². The Hall–Kier alpha value is -2.09. The molecule has 5 nitrogen and oxygen atoms in total. The zero-order chi connectivity index (χ0) is 20.5. The maximum absolute atomic E-state index is 12.9. The predicted molar refractivity (Wildman–Crippen MR) is 119 cm³/mol. The minimum Gasteiger partial charge on any atom is -0.484 e. The zero-order valence-electron chi connectivity index (χ0n) is 16.5. The summed E-state index contributed by atoms with van der Waals surface area (Å²) in [6, 6.07) is 16.6. The quantitative estimate of drug-likeness (QED) is 0.539. The molecular weight excluding hydrogens is 467 g/mol. The first kappa shape index (κ1) is 22.2. The first-order chi connectivity index (χ1) is 13.4. The predicted octanol–water partition coefficient (Wildman–Crippen LogP) is 3.86. The number of carbonyl (C=O) groups excluding carboxylic acids is 2. The van der Waals surface area contributed by atoms with E-state index in [0.29, 0.717) is 24.8 Å². The van der Waals surface area contributed by atoms with Crippen LogP contribution >= 0.6 is 22.6 Å². The fourth-order valence-corrected chi connectivity index (χ4v) is 2.93. The van der Waals surface area contributed by atoms with Crippen molar-refractivity contribution in [2.24, 2.45) is 5.92 Å². The van der Waals surface area contributed by atoms with Gasteiger partial charge in [-0.3, -0.25) is 9.59 Å². The second-order valence-corrected chi connectivity index (χ2v) is 8.31. The van der Waals surface area contributed by atoms with Crippen LogP contribution in [-0.4, -0.2) is 35.9 Å². The third-order valence-electron chi connectivity index (χ3n) is 4.22. The van der Waals surface area contributed by atoms with Gasteiger partial charge >= 0.3 is 0 Å². The largest absolute Gasteiger partial charge is 0.484 e. The lowest BCUT2D eigenvalue weighted by atomic mass is 10.1. The van der Waals surface area contributed by atoms with Gasteiger partial charge in [-0.05, 0) is 65.3 Å². The SMILES string of the molecule is CC(C)CNC(=O)C(C)N(Cc1ccccc1)C(=O)COc1ccc(I)cc1. The van der Waals surface area contributed by atoms with E-state index in [0.717, 1.165) is 9.13 Å². The van der Waals surface area contributed by atoms with E-state index in [9.17, 15) is 9.59 Å². The number of hydrogen-bond donors (Lipinski definition) is 1. The van der Waals surface area contributed by atoms with Crippen molar-refractivity contribution in [3.05, 3.63) is 63.7 Å². The van der Waals surface area contributed by atoms with Crippen molar-refractivity contribution >= 4 is 34.4 Å². The van der Waals surface area contributed by atoms with E-state index in [1.165, 1.54) is 0 Å². The fourth-order valence-electron chi connectivity index (χ4n) is 2.57. The molecule has 0 saturated heterocycles. The topological polar surface area (TPSA) is 58.6 Å². The normalized spacial score (nSPS) is 11.8. The highest BCUT2D eigenvalue weighted by atomic mass is 127. The van der Waals surface area contributed by atoms with E-state index in [-0.39, 0.29) is 18.4 Å². The number of benzene rings is 2. The van der Waals surface area contributed by atoms with Gasteiger partial charge in [-0.2, -0.15) is 0 Å². The van der Waals surface area contributed by atoms with Crippen molar-refractivity contribution in [3.63, 3.8) is 0 Å². The van der Waals surface area contributed by atoms with Gasteiger partial charge in [0.15, 0.2) is 6.61 Å². The van der Waals surface area contributed by atoms with Gasteiger partial charge in [0.1, 0.15) is 11.8 Å². The molecule has 0 aliphatic heterocycles. The average molecular weight is 494 g/mol. The molecule has 2 aromatic rings. The molecular formula is C22H27IN2O3. The molecule has 0 bridgehead atoms. The minimum atomic E-state index is -0.591. The molecule has 2 amide bonds. The molecule has 0 spiro atoms. The van der Waals surface area contributed by atoms with Crippen LogP contribution in [0, 0.1) is 9.49 Å². The molecule has 0 heterocycles. The summed E-state index contributed by atoms with van der Waals surface area (Å²) >= 11 is 2.21. The van der Waals surface area contributed by atoms with Crippen LogP contribution in [0.5, 0.6) is 5.75 Å². The van der Waals surface area contributed by atoms with Gasteiger partial charge in [0, 0.05) is 16.7 Å². The Morgan fingerprint density at radius 1 is 1.04 bits per heavy atom. The molecule has 0 fully saturated rings. The Bertz CT molecular complexity index is 763. The van der Waals surface area contributed by atoms with Crippen LogP contribution in [0.3, 0.4) is 0 Å². The van der Waals surface area contributed by atoms with Crippen molar-refractivity contribution in [1.29, 1.82) is 0 Å². The number of nitrogens with one attached hydrogen (secondary N) is 1. The number of amides is 2. The second-order valence-electron chi connectivity index (χ2n) is 7.06. The first-order valence-corrected chi connectivity index (χ1v) is 10.4. The van der Waals surface area contributed by atoms with E-state index in [1.54, 1.807) is 11.8 Å². The Morgan fingerprint density at radius 2 is 1.68 bits per heavy atom. The van der Waals surface area contributed by atoms with Crippen molar-refractivity contribution in [3.8, 4) is 5.75 Å². The molecule has 1 unspecified atom stereocenters. The highest BCUT2D eigenvalue weighted by Gasteiger charge is 2.26. The molecule has 2 aromatic carbocycles. The maximum atomic E-state index is 12.9. The van der Waals surface area contributed by atoms with Gasteiger partial charge in [-0.15, -0.1) is 0 Å². The van der Waals surface area contributed by atoms with Crippen molar-refractivity contribution in [2.45, 2.75) is 33.4 Å². The highest BCUT2D eigenvalue weighted by molar-refractivity contribution is 14.1. The molecule has 0 aromatic heterocycles. The van der Waals surface area contributed by atoms with Gasteiger partial charge in [-0.25, -0.2) is 0 Å². The minimum absolute atomic E-state index is 0.116. The molecule has 28 heavy (non-hydrogen) atoms. The van der Waals surface area contributed by atoms with Crippen LogP contribution in [0.4, 0.5) is 0 Å². The molecule has 0 radical (unpaired) electrons. The molecule has 6 heteroatoms. The van der Waals surface area contributed by atoms with Crippen LogP contribution in [-0.2, 0) is 16.1 Å². The molecule has 0 aliphatic rings. The Kier molecular flexibility index (Phi) is 8.76. The van der Waals surface area contributed by atoms with Crippen LogP contribution in [0.15, 0.2) is 54.6 Å². The Balaban J connectivity index is 2.08. The molecule has 1 atom stereocenters. The molecule has 150 valence electrons. The monoisotopic (exact) mass is 494 g/mol. The molecule has 0 saturated carbocycles. The molecule has 2 rings (SSSR count). The van der Waals surface area contributed by atoms with Crippen molar-refractivity contribution < 1.29 is 14.3 Å². The maximum Gasteiger partial charge on any atom is 0.261 e. The number of hydrogen-bond acceptors (Lipinski definition) is 3.